The second-order valence-corrected chi connectivity index (χ2v) is 7.92. The average Bonchev–Trinajstić information content (AvgIpc) is 2.62. The Bertz CT molecular complexity index is 812. The zero-order valence-electron chi connectivity index (χ0n) is 15.1. The molecule has 2 aromatic carbocycles. The van der Waals surface area contributed by atoms with Crippen LogP contribution in [0.1, 0.15) is 38.7 Å². The molecule has 2 aromatic rings. The molecule has 0 saturated carbocycles. The van der Waals surface area contributed by atoms with Crippen LogP contribution in [-0.4, -0.2) is 26.3 Å². The second kappa shape index (κ2) is 9.50. The number of nitrogens with zero attached hydrogens (tertiary/aromatic N) is 1. The third-order valence-electron chi connectivity index (χ3n) is 4.01. The molecule has 1 N–H and O–H groups in total. The average molecular weight is 375 g/mol. The highest BCUT2D eigenvalue weighted by Gasteiger charge is 2.15. The highest BCUT2D eigenvalue weighted by molar-refractivity contribution is 7.86. The lowest BCUT2D eigenvalue weighted by atomic mass is 10.0. The summed E-state index contributed by atoms with van der Waals surface area (Å²) in [6.07, 6.45) is 4.52. The van der Waals surface area contributed by atoms with Gasteiger partial charge in [-0.1, -0.05) is 26.7 Å². The van der Waals surface area contributed by atoms with Gasteiger partial charge >= 0.3 is 0 Å². The van der Waals surface area contributed by atoms with Gasteiger partial charge in [-0.3, -0.25) is 9.18 Å². The summed E-state index contributed by atoms with van der Waals surface area (Å²) in [5, 5.41) is 9.25. The minimum absolute atomic E-state index is 0.129. The number of rotatable bonds is 9. The molecule has 0 saturated heterocycles. The predicted octanol–water partition coefficient (Wildman–Crippen LogP) is 4.67. The van der Waals surface area contributed by atoms with Gasteiger partial charge in [-0.05, 0) is 66.4 Å². The van der Waals surface area contributed by atoms with Crippen LogP contribution in [-0.2, 0) is 14.3 Å². The number of aromatic hydroxyl groups is 1. The van der Waals surface area contributed by atoms with Gasteiger partial charge in [0.15, 0.2) is 0 Å². The lowest BCUT2D eigenvalue weighted by Crippen LogP contribution is -2.09. The number of hydrogen-bond donors (Lipinski definition) is 1. The molecule has 0 amide bonds. The van der Waals surface area contributed by atoms with Crippen LogP contribution in [0.2, 0.25) is 0 Å². The van der Waals surface area contributed by atoms with E-state index in [0.29, 0.717) is 11.6 Å². The summed E-state index contributed by atoms with van der Waals surface area (Å²) in [5.41, 5.74) is 1.47. The van der Waals surface area contributed by atoms with Crippen molar-refractivity contribution >= 4 is 22.0 Å². The van der Waals surface area contributed by atoms with E-state index < -0.39 is 10.1 Å². The molecule has 0 aliphatic rings. The smallest absolute Gasteiger partial charge is 0.296 e. The Balaban J connectivity index is 1.96. The fourth-order valence-electron chi connectivity index (χ4n) is 2.47. The van der Waals surface area contributed by atoms with Crippen molar-refractivity contribution in [3.05, 3.63) is 54.1 Å². The van der Waals surface area contributed by atoms with Crippen molar-refractivity contribution in [2.75, 3.05) is 6.61 Å². The second-order valence-electron chi connectivity index (χ2n) is 6.30. The molecule has 2 rings (SSSR count). The number of phenolic OH excluding ortho intramolecular Hbond substituents is 1. The fraction of sp³-hybridized carbons (Fsp3) is 0.350. The molecular weight excluding hydrogens is 350 g/mol. The number of aliphatic imine (C=N–C) groups is 1. The van der Waals surface area contributed by atoms with Gasteiger partial charge in [-0.25, -0.2) is 0 Å². The van der Waals surface area contributed by atoms with Crippen molar-refractivity contribution in [1.82, 2.24) is 0 Å². The first-order chi connectivity index (χ1) is 12.4. The third kappa shape index (κ3) is 6.28. The van der Waals surface area contributed by atoms with E-state index in [9.17, 15) is 13.5 Å². The quantitative estimate of drug-likeness (QED) is 0.510. The summed E-state index contributed by atoms with van der Waals surface area (Å²) in [7, 11) is -3.74. The Morgan fingerprint density at radius 2 is 1.73 bits per heavy atom. The van der Waals surface area contributed by atoms with Crippen molar-refractivity contribution in [3.8, 4) is 5.75 Å². The molecule has 0 aromatic heterocycles. The van der Waals surface area contributed by atoms with E-state index in [-0.39, 0.29) is 17.3 Å². The van der Waals surface area contributed by atoms with Crippen LogP contribution in [0, 0.1) is 5.92 Å². The molecule has 140 valence electrons. The van der Waals surface area contributed by atoms with Crippen LogP contribution in [0.5, 0.6) is 5.75 Å². The van der Waals surface area contributed by atoms with Gasteiger partial charge in [0, 0.05) is 6.21 Å². The van der Waals surface area contributed by atoms with Crippen LogP contribution in [0.4, 0.5) is 5.69 Å². The highest BCUT2D eigenvalue weighted by atomic mass is 32.2. The van der Waals surface area contributed by atoms with Gasteiger partial charge in [0.05, 0.1) is 17.2 Å². The Hall–Kier alpha value is -2.18. The first kappa shape index (κ1) is 20.1. The molecule has 0 aliphatic carbocycles. The first-order valence-corrected chi connectivity index (χ1v) is 10.1. The molecule has 0 aliphatic heterocycles. The van der Waals surface area contributed by atoms with E-state index in [0.717, 1.165) is 24.8 Å². The van der Waals surface area contributed by atoms with Gasteiger partial charge in [-0.2, -0.15) is 8.42 Å². The monoisotopic (exact) mass is 375 g/mol. The van der Waals surface area contributed by atoms with Crippen LogP contribution >= 0.6 is 0 Å². The minimum atomic E-state index is -3.74. The predicted molar refractivity (Wildman–Crippen MR) is 104 cm³/mol. The standard InChI is InChI=1S/C20H25NO4S/c1-3-4-16(2)13-14-25-26(23,24)20-11-7-18(8-12-20)21-15-17-5-9-19(22)10-6-17/h5-12,15-16,22H,3-4,13-14H2,1-2H3. The summed E-state index contributed by atoms with van der Waals surface area (Å²) in [6.45, 7) is 4.41. The summed E-state index contributed by atoms with van der Waals surface area (Å²) in [4.78, 5) is 4.42. The molecular formula is C20H25NO4S. The summed E-state index contributed by atoms with van der Waals surface area (Å²) < 4.78 is 29.5. The maximum absolute atomic E-state index is 12.2. The van der Waals surface area contributed by atoms with E-state index in [1.54, 1.807) is 42.6 Å². The highest BCUT2D eigenvalue weighted by Crippen LogP contribution is 2.19. The Morgan fingerprint density at radius 1 is 1.08 bits per heavy atom. The van der Waals surface area contributed by atoms with Crippen molar-refractivity contribution < 1.29 is 17.7 Å². The van der Waals surface area contributed by atoms with Crippen molar-refractivity contribution in [1.29, 1.82) is 0 Å². The normalized spacial score (nSPS) is 13.2. The van der Waals surface area contributed by atoms with E-state index in [2.05, 4.69) is 18.8 Å². The van der Waals surface area contributed by atoms with Crippen LogP contribution in [0.25, 0.3) is 0 Å². The lowest BCUT2D eigenvalue weighted by Gasteiger charge is -2.10. The van der Waals surface area contributed by atoms with E-state index >= 15 is 0 Å². The maximum atomic E-state index is 12.2. The number of phenols is 1. The summed E-state index contributed by atoms with van der Waals surface area (Å²) >= 11 is 0. The van der Waals surface area contributed by atoms with Crippen LogP contribution < -0.4 is 0 Å². The van der Waals surface area contributed by atoms with E-state index in [4.69, 9.17) is 4.18 Å². The van der Waals surface area contributed by atoms with Gasteiger partial charge in [0.2, 0.25) is 0 Å². The maximum Gasteiger partial charge on any atom is 0.296 e. The Kier molecular flexibility index (Phi) is 7.36. The molecule has 0 radical (unpaired) electrons. The van der Waals surface area contributed by atoms with Crippen molar-refractivity contribution in [2.24, 2.45) is 10.9 Å². The zero-order chi connectivity index (χ0) is 19.0. The van der Waals surface area contributed by atoms with Gasteiger partial charge in [0.1, 0.15) is 5.75 Å². The Morgan fingerprint density at radius 3 is 2.35 bits per heavy atom. The molecule has 0 fully saturated rings. The molecule has 5 nitrogen and oxygen atoms in total. The summed E-state index contributed by atoms with van der Waals surface area (Å²) in [5.74, 6) is 0.646. The SMILES string of the molecule is CCCC(C)CCOS(=O)(=O)c1ccc(N=Cc2ccc(O)cc2)cc1. The topological polar surface area (TPSA) is 76.0 Å². The minimum Gasteiger partial charge on any atom is -0.508 e. The molecule has 6 heteroatoms. The van der Waals surface area contributed by atoms with Crippen molar-refractivity contribution in [3.63, 3.8) is 0 Å². The zero-order valence-corrected chi connectivity index (χ0v) is 15.9. The van der Waals surface area contributed by atoms with Crippen molar-refractivity contribution in [2.45, 2.75) is 38.0 Å². The molecule has 0 spiro atoms. The van der Waals surface area contributed by atoms with Gasteiger partial charge < -0.3 is 5.11 Å². The molecule has 1 unspecified atom stereocenters. The van der Waals surface area contributed by atoms with Crippen LogP contribution in [0.15, 0.2) is 58.4 Å². The molecule has 0 heterocycles. The number of hydrogen-bond acceptors (Lipinski definition) is 5. The van der Waals surface area contributed by atoms with Gasteiger partial charge in [-0.15, -0.1) is 0 Å². The molecule has 0 bridgehead atoms. The van der Waals surface area contributed by atoms with E-state index in [1.165, 1.54) is 12.1 Å². The van der Waals surface area contributed by atoms with E-state index in [1.807, 2.05) is 0 Å². The Labute approximate surface area is 155 Å². The lowest BCUT2D eigenvalue weighted by molar-refractivity contribution is 0.282. The first-order valence-electron chi connectivity index (χ1n) is 8.73. The van der Waals surface area contributed by atoms with Crippen LogP contribution in [0.3, 0.4) is 0 Å². The molecule has 26 heavy (non-hydrogen) atoms. The molecule has 1 atom stereocenters. The largest absolute Gasteiger partial charge is 0.508 e. The fourth-order valence-corrected chi connectivity index (χ4v) is 3.39. The van der Waals surface area contributed by atoms with Gasteiger partial charge in [0.25, 0.3) is 10.1 Å². The number of benzene rings is 2. The summed E-state index contributed by atoms with van der Waals surface area (Å²) in [6, 6.07) is 12.9. The third-order valence-corrected chi connectivity index (χ3v) is 5.34.